The van der Waals surface area contributed by atoms with E-state index in [9.17, 15) is 4.79 Å². The zero-order valence-corrected chi connectivity index (χ0v) is 17.8. The molecule has 1 N–H and O–H groups in total. The summed E-state index contributed by atoms with van der Waals surface area (Å²) in [5.41, 5.74) is 0.999. The van der Waals surface area contributed by atoms with Crippen LogP contribution in [0.15, 0.2) is 12.3 Å². The quantitative estimate of drug-likeness (QED) is 0.862. The van der Waals surface area contributed by atoms with Gasteiger partial charge in [0.15, 0.2) is 0 Å². The molecule has 27 heavy (non-hydrogen) atoms. The molecule has 6 heteroatoms. The summed E-state index contributed by atoms with van der Waals surface area (Å²) in [5, 5.41) is 7.55. The Morgan fingerprint density at radius 3 is 2.44 bits per heavy atom. The van der Waals surface area contributed by atoms with Crippen molar-refractivity contribution in [2.75, 3.05) is 26.7 Å². The fraction of sp³-hybridized carbons (Fsp3) is 0.810. The van der Waals surface area contributed by atoms with Crippen LogP contribution >= 0.6 is 0 Å². The minimum Gasteiger partial charge on any atom is -0.444 e. The second-order valence-electron chi connectivity index (χ2n) is 8.89. The molecule has 0 bridgehead atoms. The van der Waals surface area contributed by atoms with E-state index in [2.05, 4.69) is 16.5 Å². The van der Waals surface area contributed by atoms with E-state index in [1.165, 1.54) is 37.8 Å². The highest BCUT2D eigenvalue weighted by molar-refractivity contribution is 5.67. The Bertz CT molecular complexity index is 569. The van der Waals surface area contributed by atoms with Gasteiger partial charge in [0.25, 0.3) is 0 Å². The summed E-state index contributed by atoms with van der Waals surface area (Å²) in [7, 11) is 3.84. The Hall–Kier alpha value is -1.56. The third-order valence-electron chi connectivity index (χ3n) is 5.42. The summed E-state index contributed by atoms with van der Waals surface area (Å²) >= 11 is 0. The second-order valence-corrected chi connectivity index (χ2v) is 8.89. The van der Waals surface area contributed by atoms with E-state index in [1.807, 2.05) is 45.7 Å². The molecule has 0 atom stereocenters. The first-order valence-electron chi connectivity index (χ1n) is 10.4. The standard InChI is InChI=1S/C12H23NO2.C9H15N3/c1-12(2,3)15-11(14)13(4)9-8-10-6-5-7-10;1-12-9(4-7-11-12)8-2-5-10-6-3-8/h10H,5-9H2,1-4H3;4,7-8,10H,2-3,5-6H2,1H3. The second kappa shape index (κ2) is 10.1. The number of rotatable bonds is 4. The van der Waals surface area contributed by atoms with Gasteiger partial charge in [-0.1, -0.05) is 19.3 Å². The first-order valence-corrected chi connectivity index (χ1v) is 10.4. The number of carbonyl (C=O) groups is 1. The lowest BCUT2D eigenvalue weighted by Crippen LogP contribution is -2.35. The van der Waals surface area contributed by atoms with Crippen LogP contribution in [0.5, 0.6) is 0 Å². The van der Waals surface area contributed by atoms with Gasteiger partial charge in [-0.15, -0.1) is 0 Å². The number of hydrogen-bond donors (Lipinski definition) is 1. The number of amides is 1. The molecule has 2 heterocycles. The Morgan fingerprint density at radius 2 is 1.96 bits per heavy atom. The summed E-state index contributed by atoms with van der Waals surface area (Å²) in [5.74, 6) is 1.56. The maximum absolute atomic E-state index is 11.6. The van der Waals surface area contributed by atoms with Gasteiger partial charge in [-0.25, -0.2) is 4.79 Å². The lowest BCUT2D eigenvalue weighted by Gasteiger charge is -2.29. The van der Waals surface area contributed by atoms with Gasteiger partial charge in [0, 0.05) is 38.4 Å². The number of aryl methyl sites for hydroxylation is 1. The number of piperidine rings is 1. The summed E-state index contributed by atoms with van der Waals surface area (Å²) < 4.78 is 7.27. The predicted octanol–water partition coefficient (Wildman–Crippen LogP) is 3.93. The molecule has 0 spiro atoms. The zero-order chi connectivity index (χ0) is 19.9. The monoisotopic (exact) mass is 378 g/mol. The third-order valence-corrected chi connectivity index (χ3v) is 5.42. The van der Waals surface area contributed by atoms with E-state index in [-0.39, 0.29) is 11.7 Å². The zero-order valence-electron chi connectivity index (χ0n) is 17.8. The Kier molecular flexibility index (Phi) is 8.14. The smallest absolute Gasteiger partial charge is 0.410 e. The molecule has 2 fully saturated rings. The third kappa shape index (κ3) is 7.53. The number of ether oxygens (including phenoxy) is 1. The van der Waals surface area contributed by atoms with Crippen molar-refractivity contribution in [2.45, 2.75) is 70.8 Å². The van der Waals surface area contributed by atoms with Gasteiger partial charge in [0.2, 0.25) is 0 Å². The fourth-order valence-corrected chi connectivity index (χ4v) is 3.49. The van der Waals surface area contributed by atoms with Crippen LogP contribution in [0.3, 0.4) is 0 Å². The van der Waals surface area contributed by atoms with Gasteiger partial charge in [0.05, 0.1) is 0 Å². The van der Waals surface area contributed by atoms with Crippen LogP contribution in [0.25, 0.3) is 0 Å². The van der Waals surface area contributed by atoms with Crippen molar-refractivity contribution in [1.29, 1.82) is 0 Å². The number of aromatic nitrogens is 2. The van der Waals surface area contributed by atoms with Gasteiger partial charge >= 0.3 is 6.09 Å². The largest absolute Gasteiger partial charge is 0.444 e. The van der Waals surface area contributed by atoms with Crippen molar-refractivity contribution >= 4 is 6.09 Å². The van der Waals surface area contributed by atoms with Crippen molar-refractivity contribution in [3.8, 4) is 0 Å². The Morgan fingerprint density at radius 1 is 1.30 bits per heavy atom. The topological polar surface area (TPSA) is 59.4 Å². The number of hydrogen-bond acceptors (Lipinski definition) is 4. The van der Waals surface area contributed by atoms with Gasteiger partial charge in [-0.05, 0) is 65.1 Å². The van der Waals surface area contributed by atoms with Crippen molar-refractivity contribution in [1.82, 2.24) is 20.0 Å². The van der Waals surface area contributed by atoms with E-state index in [0.717, 1.165) is 37.9 Å². The normalized spacial score (nSPS) is 18.3. The van der Waals surface area contributed by atoms with Crippen LogP contribution in [0.4, 0.5) is 4.79 Å². The van der Waals surface area contributed by atoms with Gasteiger partial charge in [-0.3, -0.25) is 4.68 Å². The molecular weight excluding hydrogens is 340 g/mol. The molecule has 0 aromatic carbocycles. The van der Waals surface area contributed by atoms with Crippen molar-refractivity contribution < 1.29 is 9.53 Å². The predicted molar refractivity (Wildman–Crippen MR) is 109 cm³/mol. The molecule has 1 saturated heterocycles. The number of nitrogens with zero attached hydrogens (tertiary/aromatic N) is 3. The average molecular weight is 379 g/mol. The van der Waals surface area contributed by atoms with Crippen LogP contribution in [0, 0.1) is 5.92 Å². The van der Waals surface area contributed by atoms with Crippen LogP contribution in [-0.2, 0) is 11.8 Å². The molecule has 1 amide bonds. The molecule has 1 aromatic rings. The summed E-state index contributed by atoms with van der Waals surface area (Å²) in [4.78, 5) is 13.3. The van der Waals surface area contributed by atoms with E-state index in [0.29, 0.717) is 0 Å². The maximum atomic E-state index is 11.6. The summed E-state index contributed by atoms with van der Waals surface area (Å²) in [6.07, 6.45) is 9.33. The lowest BCUT2D eigenvalue weighted by molar-refractivity contribution is 0.0284. The minimum atomic E-state index is -0.387. The van der Waals surface area contributed by atoms with Crippen LogP contribution < -0.4 is 5.32 Å². The average Bonchev–Trinajstić information content (AvgIpc) is 2.99. The molecule has 3 rings (SSSR count). The lowest BCUT2D eigenvalue weighted by atomic mass is 9.83. The van der Waals surface area contributed by atoms with E-state index in [1.54, 1.807) is 4.90 Å². The Labute approximate surface area is 164 Å². The fourth-order valence-electron chi connectivity index (χ4n) is 3.49. The van der Waals surface area contributed by atoms with Crippen LogP contribution in [-0.4, -0.2) is 53.1 Å². The molecular formula is C21H38N4O2. The highest BCUT2D eigenvalue weighted by atomic mass is 16.6. The molecule has 6 nitrogen and oxygen atoms in total. The molecule has 1 aromatic heterocycles. The first kappa shape index (κ1) is 21.7. The van der Waals surface area contributed by atoms with Gasteiger partial charge in [0.1, 0.15) is 5.60 Å². The molecule has 1 saturated carbocycles. The van der Waals surface area contributed by atoms with Crippen LogP contribution in [0.1, 0.15) is 70.9 Å². The van der Waals surface area contributed by atoms with E-state index < -0.39 is 0 Å². The molecule has 1 aliphatic heterocycles. The van der Waals surface area contributed by atoms with Crippen molar-refractivity contribution in [2.24, 2.45) is 13.0 Å². The van der Waals surface area contributed by atoms with Crippen LogP contribution in [0.2, 0.25) is 0 Å². The Balaban J connectivity index is 0.000000198. The maximum Gasteiger partial charge on any atom is 0.410 e. The number of nitrogens with one attached hydrogen (secondary N) is 1. The highest BCUT2D eigenvalue weighted by Crippen LogP contribution is 2.29. The van der Waals surface area contributed by atoms with Gasteiger partial charge in [-0.2, -0.15) is 5.10 Å². The number of carbonyl (C=O) groups excluding carboxylic acids is 1. The molecule has 2 aliphatic rings. The molecule has 154 valence electrons. The van der Waals surface area contributed by atoms with E-state index >= 15 is 0 Å². The SMILES string of the molecule is CN(CCC1CCC1)C(=O)OC(C)(C)C.Cn1nccc1C1CCNCC1. The van der Waals surface area contributed by atoms with Gasteiger partial charge < -0.3 is 15.0 Å². The molecule has 1 aliphatic carbocycles. The van der Waals surface area contributed by atoms with Crippen molar-refractivity contribution in [3.05, 3.63) is 18.0 Å². The van der Waals surface area contributed by atoms with Crippen molar-refractivity contribution in [3.63, 3.8) is 0 Å². The molecule has 0 radical (unpaired) electrons. The summed E-state index contributed by atoms with van der Waals surface area (Å²) in [6.45, 7) is 8.80. The van der Waals surface area contributed by atoms with E-state index in [4.69, 9.17) is 4.74 Å². The molecule has 0 unspecified atom stereocenters. The summed E-state index contributed by atoms with van der Waals surface area (Å²) in [6, 6.07) is 2.13. The minimum absolute atomic E-state index is 0.207. The highest BCUT2D eigenvalue weighted by Gasteiger charge is 2.22. The first-order chi connectivity index (χ1) is 12.8.